The molecule has 3 aromatic rings. The monoisotopic (exact) mass is 443 g/mol. The van der Waals surface area contributed by atoms with Crippen LogP contribution in [0.25, 0.3) is 0 Å². The van der Waals surface area contributed by atoms with E-state index in [1.165, 1.54) is 12.1 Å². The molecule has 4 rings (SSSR count). The minimum Gasteiger partial charge on any atom is -0.489 e. The number of nitrogens with one attached hydrogen (secondary N) is 1. The van der Waals surface area contributed by atoms with Crippen LogP contribution in [0.2, 0.25) is 0 Å². The number of carbonyl (C=O) groups excluding carboxylic acids is 1. The quantitative estimate of drug-likeness (QED) is 0.576. The Bertz CT molecular complexity index is 1130. The summed E-state index contributed by atoms with van der Waals surface area (Å²) in [5.41, 5.74) is 3.03. The Kier molecular flexibility index (Phi) is 7.33. The SMILES string of the molecule is N#Cc1ccccc1COc1cccc(C(=O)NC2CCN(Cc3ccc(F)cc3)CC2)c1. The Labute approximate surface area is 193 Å². The predicted molar refractivity (Wildman–Crippen MR) is 124 cm³/mol. The van der Waals surface area contributed by atoms with Crippen molar-refractivity contribution in [1.82, 2.24) is 10.2 Å². The first-order chi connectivity index (χ1) is 16.1. The summed E-state index contributed by atoms with van der Waals surface area (Å²) in [6.45, 7) is 2.81. The lowest BCUT2D eigenvalue weighted by Crippen LogP contribution is -2.44. The van der Waals surface area contributed by atoms with Gasteiger partial charge in [0.25, 0.3) is 5.91 Å². The maximum Gasteiger partial charge on any atom is 0.251 e. The second-order valence-corrected chi connectivity index (χ2v) is 8.24. The van der Waals surface area contributed by atoms with Gasteiger partial charge in [-0.2, -0.15) is 5.26 Å². The fraction of sp³-hybridized carbons (Fsp3) is 0.259. The number of piperidine rings is 1. The number of rotatable bonds is 7. The summed E-state index contributed by atoms with van der Waals surface area (Å²) in [6, 6.07) is 23.3. The minimum absolute atomic E-state index is 0.116. The number of carbonyl (C=O) groups is 1. The second-order valence-electron chi connectivity index (χ2n) is 8.24. The van der Waals surface area contributed by atoms with Crippen molar-refractivity contribution in [3.63, 3.8) is 0 Å². The van der Waals surface area contributed by atoms with E-state index < -0.39 is 0 Å². The highest BCUT2D eigenvalue weighted by atomic mass is 19.1. The topological polar surface area (TPSA) is 65.4 Å². The highest BCUT2D eigenvalue weighted by Crippen LogP contribution is 2.18. The van der Waals surface area contributed by atoms with Gasteiger partial charge in [-0.15, -0.1) is 0 Å². The summed E-state index contributed by atoms with van der Waals surface area (Å²) < 4.78 is 18.9. The molecule has 0 unspecified atom stereocenters. The Morgan fingerprint density at radius 2 is 1.82 bits per heavy atom. The zero-order valence-electron chi connectivity index (χ0n) is 18.3. The van der Waals surface area contributed by atoms with Gasteiger partial charge in [-0.25, -0.2) is 4.39 Å². The molecule has 1 heterocycles. The number of ether oxygens (including phenoxy) is 1. The normalized spacial score (nSPS) is 14.4. The summed E-state index contributed by atoms with van der Waals surface area (Å²) in [5, 5.41) is 12.3. The second kappa shape index (κ2) is 10.8. The van der Waals surface area contributed by atoms with Crippen molar-refractivity contribution in [2.75, 3.05) is 13.1 Å². The van der Waals surface area contributed by atoms with Crippen LogP contribution in [-0.4, -0.2) is 29.9 Å². The van der Waals surface area contributed by atoms with Gasteiger partial charge < -0.3 is 10.1 Å². The minimum atomic E-state index is -0.221. The first-order valence-corrected chi connectivity index (χ1v) is 11.1. The maximum atomic E-state index is 13.1. The van der Waals surface area contributed by atoms with Crippen LogP contribution in [0.1, 0.15) is 39.9 Å². The van der Waals surface area contributed by atoms with Gasteiger partial charge in [0.05, 0.1) is 11.6 Å². The van der Waals surface area contributed by atoms with Crippen molar-refractivity contribution in [2.45, 2.75) is 32.0 Å². The standard InChI is InChI=1S/C27H26FN3O2/c28-24-10-8-20(9-11-24)18-31-14-12-25(13-15-31)30-27(32)21-6-3-7-26(16-21)33-19-23-5-2-1-4-22(23)17-29/h1-11,16,25H,12-15,18-19H2,(H,30,32). The van der Waals surface area contributed by atoms with Gasteiger partial charge in [-0.05, 0) is 54.8 Å². The summed E-state index contributed by atoms with van der Waals surface area (Å²) in [6.07, 6.45) is 1.74. The van der Waals surface area contributed by atoms with Crippen LogP contribution in [0.3, 0.4) is 0 Å². The molecule has 0 aromatic heterocycles. The van der Waals surface area contributed by atoms with Gasteiger partial charge in [-0.3, -0.25) is 9.69 Å². The summed E-state index contributed by atoms with van der Waals surface area (Å²) in [5.74, 6) is 0.251. The van der Waals surface area contributed by atoms with Crippen LogP contribution in [0.15, 0.2) is 72.8 Å². The number of likely N-dealkylation sites (tertiary alicyclic amines) is 1. The van der Waals surface area contributed by atoms with Crippen molar-refractivity contribution in [3.8, 4) is 11.8 Å². The lowest BCUT2D eigenvalue weighted by Gasteiger charge is -2.32. The van der Waals surface area contributed by atoms with Gasteiger partial charge in [-0.1, -0.05) is 36.4 Å². The molecule has 0 atom stereocenters. The number of benzene rings is 3. The van der Waals surface area contributed by atoms with Gasteiger partial charge in [0.15, 0.2) is 0 Å². The third-order valence-corrected chi connectivity index (χ3v) is 5.87. The van der Waals surface area contributed by atoms with E-state index in [4.69, 9.17) is 4.74 Å². The molecule has 33 heavy (non-hydrogen) atoms. The van der Waals surface area contributed by atoms with Crippen LogP contribution in [0.5, 0.6) is 5.75 Å². The molecule has 0 saturated carbocycles. The average molecular weight is 444 g/mol. The lowest BCUT2D eigenvalue weighted by molar-refractivity contribution is 0.0908. The van der Waals surface area contributed by atoms with Gasteiger partial charge in [0, 0.05) is 36.8 Å². The number of nitriles is 1. The Morgan fingerprint density at radius 3 is 2.58 bits per heavy atom. The number of hydrogen-bond donors (Lipinski definition) is 1. The van der Waals surface area contributed by atoms with E-state index in [2.05, 4.69) is 16.3 Å². The first-order valence-electron chi connectivity index (χ1n) is 11.1. The van der Waals surface area contributed by atoms with Crippen molar-refractivity contribution in [3.05, 3.63) is 101 Å². The highest BCUT2D eigenvalue weighted by Gasteiger charge is 2.21. The molecular weight excluding hydrogens is 417 g/mol. The third-order valence-electron chi connectivity index (χ3n) is 5.87. The van der Waals surface area contributed by atoms with Gasteiger partial charge in [0.2, 0.25) is 0 Å². The molecular formula is C27H26FN3O2. The third kappa shape index (κ3) is 6.18. The molecule has 0 spiro atoms. The van der Waals surface area contributed by atoms with Crippen molar-refractivity contribution < 1.29 is 13.9 Å². The Morgan fingerprint density at radius 1 is 1.06 bits per heavy atom. The number of amides is 1. The van der Waals surface area contributed by atoms with Crippen LogP contribution in [-0.2, 0) is 13.2 Å². The average Bonchev–Trinajstić information content (AvgIpc) is 2.85. The molecule has 6 heteroatoms. The van der Waals surface area contributed by atoms with E-state index in [1.54, 1.807) is 30.3 Å². The molecule has 0 bridgehead atoms. The molecule has 1 aliphatic heterocycles. The molecule has 5 nitrogen and oxygen atoms in total. The smallest absolute Gasteiger partial charge is 0.251 e. The molecule has 0 aliphatic carbocycles. The van der Waals surface area contributed by atoms with Crippen LogP contribution in [0, 0.1) is 17.1 Å². The zero-order chi connectivity index (χ0) is 23.0. The zero-order valence-corrected chi connectivity index (χ0v) is 18.3. The van der Waals surface area contributed by atoms with Crippen LogP contribution in [0.4, 0.5) is 4.39 Å². The van der Waals surface area contributed by atoms with Crippen LogP contribution >= 0.6 is 0 Å². The molecule has 1 N–H and O–H groups in total. The van der Waals surface area contributed by atoms with E-state index in [-0.39, 0.29) is 24.4 Å². The van der Waals surface area contributed by atoms with E-state index in [1.807, 2.05) is 30.3 Å². The fourth-order valence-electron chi connectivity index (χ4n) is 4.00. The molecule has 1 fully saturated rings. The molecule has 1 aliphatic rings. The maximum absolute atomic E-state index is 13.1. The number of nitrogens with zero attached hydrogens (tertiary/aromatic N) is 2. The summed E-state index contributed by atoms with van der Waals surface area (Å²) in [7, 11) is 0. The van der Waals surface area contributed by atoms with Crippen molar-refractivity contribution in [1.29, 1.82) is 5.26 Å². The van der Waals surface area contributed by atoms with E-state index in [0.29, 0.717) is 16.9 Å². The van der Waals surface area contributed by atoms with Crippen LogP contribution < -0.4 is 10.1 Å². The number of halogens is 1. The highest BCUT2D eigenvalue weighted by molar-refractivity contribution is 5.94. The Hall–Kier alpha value is -3.69. The molecule has 1 saturated heterocycles. The Balaban J connectivity index is 1.27. The summed E-state index contributed by atoms with van der Waals surface area (Å²) >= 11 is 0. The largest absolute Gasteiger partial charge is 0.489 e. The first kappa shape index (κ1) is 22.5. The number of hydrogen-bond acceptors (Lipinski definition) is 4. The van der Waals surface area contributed by atoms with E-state index >= 15 is 0 Å². The summed E-state index contributed by atoms with van der Waals surface area (Å²) in [4.78, 5) is 15.1. The van der Waals surface area contributed by atoms with Crippen molar-refractivity contribution in [2.24, 2.45) is 0 Å². The molecule has 1 amide bonds. The molecule has 0 radical (unpaired) electrons. The lowest BCUT2D eigenvalue weighted by atomic mass is 10.0. The molecule has 168 valence electrons. The fourth-order valence-corrected chi connectivity index (χ4v) is 4.00. The van der Waals surface area contributed by atoms with Gasteiger partial charge in [0.1, 0.15) is 18.2 Å². The molecule has 3 aromatic carbocycles. The van der Waals surface area contributed by atoms with E-state index in [0.717, 1.165) is 43.6 Å². The van der Waals surface area contributed by atoms with Gasteiger partial charge >= 0.3 is 0 Å². The predicted octanol–water partition coefficient (Wildman–Crippen LogP) is 4.67. The van der Waals surface area contributed by atoms with E-state index in [9.17, 15) is 14.4 Å². The van der Waals surface area contributed by atoms with Crippen molar-refractivity contribution >= 4 is 5.91 Å².